The predicted octanol–water partition coefficient (Wildman–Crippen LogP) is 1.91. The van der Waals surface area contributed by atoms with E-state index in [0.29, 0.717) is 18.0 Å². The summed E-state index contributed by atoms with van der Waals surface area (Å²) in [7, 11) is -1.98. The second-order valence-electron chi connectivity index (χ2n) is 6.82. The first-order valence-corrected chi connectivity index (χ1v) is 11.0. The number of nitrogens with zero attached hydrogens (tertiary/aromatic N) is 1. The molecule has 8 heteroatoms. The fourth-order valence-corrected chi connectivity index (χ4v) is 3.84. The zero-order chi connectivity index (χ0) is 20.9. The maximum atomic E-state index is 12.4. The van der Waals surface area contributed by atoms with Gasteiger partial charge in [-0.2, -0.15) is 0 Å². The molecule has 0 radical (unpaired) electrons. The van der Waals surface area contributed by atoms with Crippen LogP contribution < -0.4 is 10.6 Å². The molecule has 2 amide bonds. The van der Waals surface area contributed by atoms with Gasteiger partial charge in [0.05, 0.1) is 17.4 Å². The topological polar surface area (TPSA) is 95.6 Å². The summed E-state index contributed by atoms with van der Waals surface area (Å²) >= 11 is 0. The Kier molecular flexibility index (Phi) is 7.01. The molecule has 152 valence electrons. The van der Waals surface area contributed by atoms with E-state index < -0.39 is 10.0 Å². The molecule has 1 aromatic rings. The van der Waals surface area contributed by atoms with Crippen LogP contribution in [0.2, 0.25) is 0 Å². The molecule has 0 aliphatic heterocycles. The molecule has 2 rings (SSSR count). The number of amides is 2. The van der Waals surface area contributed by atoms with Crippen molar-refractivity contribution in [3.05, 3.63) is 59.8 Å². The lowest BCUT2D eigenvalue weighted by molar-refractivity contribution is 0.0923. The fraction of sp³-hybridized carbons (Fsp3) is 0.400. The van der Waals surface area contributed by atoms with E-state index in [1.165, 1.54) is 11.4 Å². The van der Waals surface area contributed by atoms with Crippen LogP contribution in [0.15, 0.2) is 48.7 Å². The molecule has 1 aliphatic carbocycles. The van der Waals surface area contributed by atoms with E-state index in [4.69, 9.17) is 0 Å². The van der Waals surface area contributed by atoms with Gasteiger partial charge in [-0.25, -0.2) is 8.42 Å². The molecule has 0 bridgehead atoms. The van der Waals surface area contributed by atoms with Crippen LogP contribution in [0.5, 0.6) is 0 Å². The molecule has 1 saturated carbocycles. The summed E-state index contributed by atoms with van der Waals surface area (Å²) in [6, 6.07) is 6.51. The molecule has 0 heterocycles. The number of allylic oxidation sites excluding steroid dienone is 1. The third kappa shape index (κ3) is 5.45. The summed E-state index contributed by atoms with van der Waals surface area (Å²) in [6.07, 6.45) is 3.56. The Morgan fingerprint density at radius 3 is 2.21 bits per heavy atom. The highest BCUT2D eigenvalue weighted by Gasteiger charge is 2.30. The number of sulfonamides is 1. The second-order valence-corrected chi connectivity index (χ2v) is 8.72. The van der Waals surface area contributed by atoms with E-state index >= 15 is 0 Å². The largest absolute Gasteiger partial charge is 0.355 e. The summed E-state index contributed by atoms with van der Waals surface area (Å²) in [5.74, 6) is -0.409. The van der Waals surface area contributed by atoms with Gasteiger partial charge in [0.25, 0.3) is 11.8 Å². The zero-order valence-electron chi connectivity index (χ0n) is 16.3. The first-order valence-electron chi connectivity index (χ1n) is 9.12. The number of rotatable bonds is 10. The van der Waals surface area contributed by atoms with E-state index in [1.54, 1.807) is 24.3 Å². The summed E-state index contributed by atoms with van der Waals surface area (Å²) in [6.45, 7) is 8.32. The van der Waals surface area contributed by atoms with E-state index in [0.717, 1.165) is 24.7 Å². The number of carbonyl (C=O) groups excluding carboxylic acids is 2. The van der Waals surface area contributed by atoms with Crippen LogP contribution in [0.1, 0.15) is 40.0 Å². The van der Waals surface area contributed by atoms with Crippen LogP contribution in [0, 0.1) is 5.92 Å². The molecule has 1 aromatic carbocycles. The summed E-state index contributed by atoms with van der Waals surface area (Å²) in [5.41, 5.74) is 1.73. The molecule has 0 unspecified atom stereocenters. The van der Waals surface area contributed by atoms with Crippen LogP contribution in [0.3, 0.4) is 0 Å². The van der Waals surface area contributed by atoms with Crippen LogP contribution >= 0.6 is 0 Å². The molecule has 28 heavy (non-hydrogen) atoms. The van der Waals surface area contributed by atoms with Crippen LogP contribution in [-0.2, 0) is 10.0 Å². The lowest BCUT2D eigenvalue weighted by atomic mass is 10.1. The molecular formula is C20H27N3O4S. The average Bonchev–Trinajstić information content (AvgIpc) is 3.50. The fourth-order valence-electron chi connectivity index (χ4n) is 2.86. The summed E-state index contributed by atoms with van der Waals surface area (Å²) in [5, 5.41) is 5.24. The van der Waals surface area contributed by atoms with Gasteiger partial charge in [-0.15, -0.1) is 0 Å². The quantitative estimate of drug-likeness (QED) is 0.459. The minimum Gasteiger partial charge on any atom is -0.355 e. The second kappa shape index (κ2) is 9.05. The predicted molar refractivity (Wildman–Crippen MR) is 109 cm³/mol. The Morgan fingerprint density at radius 2 is 1.71 bits per heavy atom. The molecule has 1 fully saturated rings. The Morgan fingerprint density at radius 1 is 1.14 bits per heavy atom. The van der Waals surface area contributed by atoms with Gasteiger partial charge in [0, 0.05) is 25.8 Å². The third-order valence-electron chi connectivity index (χ3n) is 4.61. The smallest absolute Gasteiger partial charge is 0.252 e. The van der Waals surface area contributed by atoms with E-state index in [-0.39, 0.29) is 36.0 Å². The van der Waals surface area contributed by atoms with Gasteiger partial charge in [-0.1, -0.05) is 25.3 Å². The van der Waals surface area contributed by atoms with E-state index in [9.17, 15) is 18.0 Å². The first-order chi connectivity index (χ1) is 13.2. The number of benzene rings is 1. The van der Waals surface area contributed by atoms with E-state index in [1.807, 2.05) is 0 Å². The molecule has 0 aromatic heterocycles. The van der Waals surface area contributed by atoms with Crippen molar-refractivity contribution in [3.63, 3.8) is 0 Å². The lowest BCUT2D eigenvalue weighted by Gasteiger charge is -2.25. The highest BCUT2D eigenvalue weighted by molar-refractivity contribution is 7.88. The molecule has 0 spiro atoms. The van der Waals surface area contributed by atoms with Gasteiger partial charge in [-0.3, -0.25) is 13.9 Å². The number of hydrogen-bond acceptors (Lipinski definition) is 4. The normalized spacial score (nSPS) is 13.5. The van der Waals surface area contributed by atoms with Crippen LogP contribution in [0.25, 0.3) is 0 Å². The minimum atomic E-state index is -3.48. The average molecular weight is 406 g/mol. The van der Waals surface area contributed by atoms with Crippen molar-refractivity contribution in [2.75, 3.05) is 26.4 Å². The van der Waals surface area contributed by atoms with Gasteiger partial charge < -0.3 is 10.6 Å². The summed E-state index contributed by atoms with van der Waals surface area (Å²) < 4.78 is 25.5. The molecule has 2 N–H and O–H groups in total. The third-order valence-corrected chi connectivity index (χ3v) is 5.81. The van der Waals surface area contributed by atoms with Gasteiger partial charge in [0.1, 0.15) is 0 Å². The van der Waals surface area contributed by atoms with Gasteiger partial charge in [0.15, 0.2) is 0 Å². The number of hydrogen-bond donors (Lipinski definition) is 2. The standard InChI is InChI=1S/C20H27N3O4S/c1-14(16-10-11-16)15(2)23(28(4,26)27)13-7-12-22-20(25)18-9-6-5-8-17(18)19(24)21-3/h5-6,8-9,16H,1-2,7,10-13H2,3-4H3,(H,21,24)(H,22,25). The molecule has 0 saturated heterocycles. The zero-order valence-corrected chi connectivity index (χ0v) is 17.1. The minimum absolute atomic E-state index is 0.195. The Labute approximate surface area is 166 Å². The SMILES string of the molecule is C=C(C(=C)N(CCCNC(=O)c1ccccc1C(=O)NC)S(C)(=O)=O)C1CC1. The van der Waals surface area contributed by atoms with Crippen molar-refractivity contribution in [1.29, 1.82) is 0 Å². The molecule has 7 nitrogen and oxygen atoms in total. The van der Waals surface area contributed by atoms with Crippen molar-refractivity contribution >= 4 is 21.8 Å². The van der Waals surface area contributed by atoms with E-state index in [2.05, 4.69) is 23.8 Å². The summed E-state index contributed by atoms with van der Waals surface area (Å²) in [4.78, 5) is 24.3. The van der Waals surface area contributed by atoms with Gasteiger partial charge in [-0.05, 0) is 42.9 Å². The molecule has 1 aliphatic rings. The van der Waals surface area contributed by atoms with Crippen molar-refractivity contribution in [2.24, 2.45) is 5.92 Å². The highest BCUT2D eigenvalue weighted by Crippen LogP contribution is 2.39. The van der Waals surface area contributed by atoms with Crippen molar-refractivity contribution in [1.82, 2.24) is 14.9 Å². The number of nitrogens with one attached hydrogen (secondary N) is 2. The Hall–Kier alpha value is -2.61. The maximum absolute atomic E-state index is 12.4. The van der Waals surface area contributed by atoms with Crippen LogP contribution in [0.4, 0.5) is 0 Å². The van der Waals surface area contributed by atoms with Crippen molar-refractivity contribution < 1.29 is 18.0 Å². The lowest BCUT2D eigenvalue weighted by Crippen LogP contribution is -2.34. The van der Waals surface area contributed by atoms with Crippen LogP contribution in [-0.4, -0.2) is 50.9 Å². The van der Waals surface area contributed by atoms with Gasteiger partial charge in [0.2, 0.25) is 10.0 Å². The number of carbonyl (C=O) groups is 2. The molecule has 0 atom stereocenters. The monoisotopic (exact) mass is 405 g/mol. The first kappa shape index (κ1) is 21.7. The van der Waals surface area contributed by atoms with Crippen molar-refractivity contribution in [3.8, 4) is 0 Å². The Balaban J connectivity index is 1.95. The van der Waals surface area contributed by atoms with Crippen molar-refractivity contribution in [2.45, 2.75) is 19.3 Å². The Bertz CT molecular complexity index is 888. The highest BCUT2D eigenvalue weighted by atomic mass is 32.2. The van der Waals surface area contributed by atoms with Gasteiger partial charge >= 0.3 is 0 Å². The molecular weight excluding hydrogens is 378 g/mol. The maximum Gasteiger partial charge on any atom is 0.252 e.